The van der Waals surface area contributed by atoms with Crippen molar-refractivity contribution in [3.8, 4) is 28.7 Å². The molecule has 8 aromatic rings. The Labute approximate surface area is 440 Å². The summed E-state index contributed by atoms with van der Waals surface area (Å²) >= 11 is 6.23. The molecular formula is C53H50N6O14P2S. The van der Waals surface area contributed by atoms with Crippen molar-refractivity contribution < 1.29 is 55.6 Å². The Bertz CT molecular complexity index is 3360. The second-order valence-corrected chi connectivity index (χ2v) is 21.9. The fourth-order valence-corrected chi connectivity index (χ4v) is 12.9. The van der Waals surface area contributed by atoms with Gasteiger partial charge in [-0.2, -0.15) is 9.29 Å². The molecule has 1 saturated heterocycles. The third kappa shape index (κ3) is 12.0. The molecule has 0 spiro atoms. The molecule has 20 nitrogen and oxygen atoms in total. The van der Waals surface area contributed by atoms with E-state index in [4.69, 9.17) is 53.2 Å². The number of methoxy groups -OCH3 is 2. The zero-order chi connectivity index (χ0) is 53.5. The molecule has 3 heterocycles. The number of nitrogens with one attached hydrogen (secondary N) is 2. The molecule has 4 atom stereocenters. The van der Waals surface area contributed by atoms with E-state index in [0.29, 0.717) is 22.6 Å². The van der Waals surface area contributed by atoms with Crippen molar-refractivity contribution >= 4 is 55.1 Å². The van der Waals surface area contributed by atoms with Gasteiger partial charge in [-0.3, -0.25) is 39.1 Å². The Morgan fingerprint density at radius 2 is 1.30 bits per heavy atom. The van der Waals surface area contributed by atoms with E-state index in [1.165, 1.54) is 59.4 Å². The Balaban J connectivity index is 1.17. The van der Waals surface area contributed by atoms with Gasteiger partial charge in [0.05, 0.1) is 32.1 Å². The van der Waals surface area contributed by atoms with Crippen LogP contribution in [0.5, 0.6) is 28.7 Å². The van der Waals surface area contributed by atoms with E-state index >= 15 is 4.57 Å². The monoisotopic (exact) mass is 1090 g/mol. The summed E-state index contributed by atoms with van der Waals surface area (Å²) in [5.41, 5.74) is -0.138. The summed E-state index contributed by atoms with van der Waals surface area (Å²) in [4.78, 5) is 48.9. The van der Waals surface area contributed by atoms with Gasteiger partial charge in [-0.25, -0.2) is 9.55 Å². The van der Waals surface area contributed by atoms with Crippen LogP contribution in [0, 0.1) is 16.0 Å². The number of rotatable bonds is 22. The lowest BCUT2D eigenvalue weighted by Gasteiger charge is -2.37. The summed E-state index contributed by atoms with van der Waals surface area (Å²) in [7, 11) is -1.79. The average Bonchev–Trinajstić information content (AvgIpc) is 4.04. The average molecular weight is 1090 g/mol. The highest BCUT2D eigenvalue weighted by molar-refractivity contribution is 8.09. The Hall–Kier alpha value is -7.74. The van der Waals surface area contributed by atoms with E-state index < -0.39 is 60.9 Å². The molecule has 1 aliphatic heterocycles. The standard InChI is InChI=1S/C53H50N6O14P2S/c1-35(2)50(60)56-52-55-49-48(51(61)57-52)54-34-58(49)47-32-45(46(68-47)33-67-53(36-14-8-5-9-15-36,37-20-26-40(65-3)27-21-37)38-22-28-41(66-4)29-23-38)72-75(76,71-44-30-24-39(25-31-44)59(62)63)73-74(64,69-42-16-10-6-11-17-42)70-43-18-12-7-13-19-43/h5-31,34-35,45-47H,32-33H2,1-4H3,(H2,55,56,57,60,61)/t45-,46+,47+,75?/m0/s1. The molecule has 76 heavy (non-hydrogen) atoms. The van der Waals surface area contributed by atoms with Gasteiger partial charge in [-0.05, 0) is 77.4 Å². The maximum absolute atomic E-state index is 15.2. The summed E-state index contributed by atoms with van der Waals surface area (Å²) in [5.74, 6) is 0.371. The van der Waals surface area contributed by atoms with Crippen LogP contribution in [0.2, 0.25) is 0 Å². The van der Waals surface area contributed by atoms with E-state index in [0.717, 1.165) is 5.56 Å². The fraction of sp³-hybridized carbons (Fsp3) is 0.208. The Kier molecular flexibility index (Phi) is 16.1. The first kappa shape index (κ1) is 53.1. The summed E-state index contributed by atoms with van der Waals surface area (Å²) in [5, 5.41) is 14.4. The Morgan fingerprint density at radius 3 is 1.83 bits per heavy atom. The third-order valence-corrected chi connectivity index (χ3v) is 16.5. The number of para-hydroxylation sites is 2. The molecule has 1 amide bonds. The lowest BCUT2D eigenvalue weighted by molar-refractivity contribution is -0.384. The number of H-pyrrole nitrogens is 1. The van der Waals surface area contributed by atoms with Crippen molar-refractivity contribution in [3.63, 3.8) is 0 Å². The zero-order valence-electron chi connectivity index (χ0n) is 41.2. The summed E-state index contributed by atoms with van der Waals surface area (Å²) < 4.78 is 73.7. The van der Waals surface area contributed by atoms with Gasteiger partial charge >= 0.3 is 14.5 Å². The zero-order valence-corrected chi connectivity index (χ0v) is 43.8. The number of non-ortho nitro benzene ring substituents is 1. The quantitative estimate of drug-likeness (QED) is 0.0278. The van der Waals surface area contributed by atoms with Crippen LogP contribution in [0.1, 0.15) is 43.2 Å². The highest BCUT2D eigenvalue weighted by Gasteiger charge is 2.49. The minimum absolute atomic E-state index is 0.0507. The van der Waals surface area contributed by atoms with Gasteiger partial charge in [0.2, 0.25) is 11.9 Å². The van der Waals surface area contributed by atoms with Crippen molar-refractivity contribution in [1.82, 2.24) is 19.5 Å². The fourth-order valence-electron chi connectivity index (χ4n) is 8.25. The number of nitro benzene ring substituents is 1. The minimum atomic E-state index is -4.93. The maximum atomic E-state index is 15.2. The van der Waals surface area contributed by atoms with Gasteiger partial charge in [0.15, 0.2) is 11.2 Å². The van der Waals surface area contributed by atoms with E-state index in [1.54, 1.807) is 64.5 Å². The lowest BCUT2D eigenvalue weighted by Crippen LogP contribution is -2.38. The highest BCUT2D eigenvalue weighted by Crippen LogP contribution is 2.66. The predicted molar refractivity (Wildman–Crippen MR) is 284 cm³/mol. The minimum Gasteiger partial charge on any atom is -0.497 e. The van der Waals surface area contributed by atoms with E-state index in [9.17, 15) is 19.7 Å². The number of carbonyl (C=O) groups is 1. The van der Waals surface area contributed by atoms with Crippen LogP contribution in [-0.2, 0) is 45.1 Å². The molecule has 1 unspecified atom stereocenters. The Morgan fingerprint density at radius 1 is 0.789 bits per heavy atom. The molecule has 2 N–H and O–H groups in total. The summed E-state index contributed by atoms with van der Waals surface area (Å²) in [6.07, 6.45) is -2.10. The van der Waals surface area contributed by atoms with Gasteiger partial charge in [0, 0.05) is 36.3 Å². The van der Waals surface area contributed by atoms with Gasteiger partial charge < -0.3 is 32.5 Å². The number of imidazole rings is 1. The van der Waals surface area contributed by atoms with Crippen LogP contribution in [0.3, 0.4) is 0 Å². The highest BCUT2D eigenvalue weighted by atomic mass is 32.5. The number of amides is 1. The predicted octanol–water partition coefficient (Wildman–Crippen LogP) is 10.9. The number of carbonyl (C=O) groups excluding carboxylic acids is 1. The lowest BCUT2D eigenvalue weighted by atomic mass is 9.80. The summed E-state index contributed by atoms with van der Waals surface area (Å²) in [6, 6.07) is 45.5. The van der Waals surface area contributed by atoms with Gasteiger partial charge in [-0.1, -0.05) is 105 Å². The van der Waals surface area contributed by atoms with E-state index in [1.807, 2.05) is 78.9 Å². The number of benzene rings is 6. The van der Waals surface area contributed by atoms with Crippen LogP contribution in [-0.4, -0.2) is 63.4 Å². The van der Waals surface area contributed by atoms with Crippen molar-refractivity contribution in [2.75, 3.05) is 26.1 Å². The van der Waals surface area contributed by atoms with E-state index in [2.05, 4.69) is 20.3 Å². The third-order valence-electron chi connectivity index (χ3n) is 12.0. The molecule has 9 rings (SSSR count). The number of fused-ring (bicyclic) bond motifs is 1. The first-order chi connectivity index (χ1) is 36.7. The second kappa shape index (κ2) is 23.0. The maximum Gasteiger partial charge on any atom is 0.595 e. The van der Waals surface area contributed by atoms with Crippen LogP contribution >= 0.6 is 14.5 Å². The number of phosphoric ester groups is 1. The molecular weight excluding hydrogens is 1040 g/mol. The van der Waals surface area contributed by atoms with Crippen LogP contribution < -0.4 is 33.9 Å². The van der Waals surface area contributed by atoms with Gasteiger partial charge in [-0.15, -0.1) is 0 Å². The van der Waals surface area contributed by atoms with Crippen LogP contribution in [0.4, 0.5) is 11.6 Å². The van der Waals surface area contributed by atoms with Crippen LogP contribution in [0.15, 0.2) is 175 Å². The number of nitrogens with zero attached hydrogens (tertiary/aromatic N) is 4. The van der Waals surface area contributed by atoms with Gasteiger partial charge in [0.25, 0.3) is 11.2 Å². The second-order valence-electron chi connectivity index (χ2n) is 17.3. The van der Waals surface area contributed by atoms with Crippen molar-refractivity contribution in [2.45, 2.75) is 44.3 Å². The number of nitro groups is 1. The molecule has 2 aromatic heterocycles. The van der Waals surface area contributed by atoms with Crippen LogP contribution in [0.25, 0.3) is 11.2 Å². The molecule has 6 aromatic carbocycles. The molecule has 392 valence electrons. The van der Waals surface area contributed by atoms with Gasteiger partial charge in [0.1, 0.15) is 52.8 Å². The number of phosphoric acid groups is 1. The first-order valence-electron chi connectivity index (χ1n) is 23.6. The molecule has 1 aliphatic rings. The molecule has 0 bridgehead atoms. The van der Waals surface area contributed by atoms with Crippen molar-refractivity contribution in [3.05, 3.63) is 207 Å². The summed E-state index contributed by atoms with van der Waals surface area (Å²) in [6.45, 7) is -1.45. The number of aromatic nitrogens is 4. The van der Waals surface area contributed by atoms with Crippen molar-refractivity contribution in [2.24, 2.45) is 5.92 Å². The SMILES string of the molecule is COc1ccc(C(OC[C@H]2O[C@@H](n3cnc4c(=O)[nH]c(NC(=O)C(C)C)nc43)C[C@@H]2OP(=S)(Oc2ccc([N+](=O)[O-])cc2)OP(=O)(Oc2ccccc2)Oc2ccccc2)(c2ccccc2)c2ccc(OC)cc2)cc1. The smallest absolute Gasteiger partial charge is 0.497 e. The topological polar surface area (TPSA) is 236 Å². The van der Waals surface area contributed by atoms with E-state index in [-0.39, 0.29) is 53.1 Å². The largest absolute Gasteiger partial charge is 0.595 e. The normalized spacial score (nSPS) is 16.4. The van der Waals surface area contributed by atoms with Crippen molar-refractivity contribution in [1.29, 1.82) is 0 Å². The number of hydrogen-bond acceptors (Lipinski definition) is 17. The molecule has 0 saturated carbocycles. The number of aromatic amines is 1. The first-order valence-corrected chi connectivity index (χ1v) is 27.6. The number of hydrogen-bond donors (Lipinski definition) is 2. The number of anilines is 1. The molecule has 23 heteroatoms. The molecule has 0 aliphatic carbocycles. The molecule has 1 fully saturated rings. The number of ether oxygens (including phenoxy) is 4. The molecule has 0 radical (unpaired) electrons.